The number of pyridine rings is 1. The van der Waals surface area contributed by atoms with E-state index < -0.39 is 0 Å². The highest BCUT2D eigenvalue weighted by Crippen LogP contribution is 2.22. The molecule has 8 heteroatoms. The summed E-state index contributed by atoms with van der Waals surface area (Å²) in [5, 5.41) is 2.62. The predicted molar refractivity (Wildman–Crippen MR) is 138 cm³/mol. The summed E-state index contributed by atoms with van der Waals surface area (Å²) in [5.74, 6) is -0.255. The summed E-state index contributed by atoms with van der Waals surface area (Å²) in [4.78, 5) is 31.4. The van der Waals surface area contributed by atoms with Crippen LogP contribution in [-0.2, 0) is 16.0 Å². The fraction of sp³-hybridized carbons (Fsp3) is 0.385. The second-order valence-electron chi connectivity index (χ2n) is 8.17. The Hall–Kier alpha value is -3.10. The number of nitrogens with zero attached hydrogens (tertiary/aromatic N) is 2. The Morgan fingerprint density at radius 2 is 1.85 bits per heavy atom. The van der Waals surface area contributed by atoms with Gasteiger partial charge >= 0.3 is 0 Å². The van der Waals surface area contributed by atoms with E-state index in [1.807, 2.05) is 23.8 Å². The summed E-state index contributed by atoms with van der Waals surface area (Å²) in [7, 11) is 1.66. The van der Waals surface area contributed by atoms with Gasteiger partial charge in [-0.1, -0.05) is 36.2 Å². The Kier molecular flexibility index (Phi) is 11.9. The van der Waals surface area contributed by atoms with Gasteiger partial charge in [-0.25, -0.2) is 0 Å². The van der Waals surface area contributed by atoms with Crippen LogP contribution in [0.1, 0.15) is 61.4 Å². The standard InChI is InChI=1S/C16H26N4O2.C10H9NS/c1-19-16(22)6-4-2-3-5-12-9-10-20-14(11-12)13(17)7-8-15(18)21;1-8-2-4-9(5-3-8)10-6-11-7-12-10/h9-11,13H,2-8,17H2,1H3,(H2,18,21)(H,19,22);2-7H,1H3/t13-;/m0./s1. The molecule has 0 radical (unpaired) electrons. The number of amides is 2. The number of benzene rings is 1. The highest BCUT2D eigenvalue weighted by atomic mass is 32.1. The maximum atomic E-state index is 11.1. The number of carbonyl (C=O) groups excluding carboxylic acids is 2. The second kappa shape index (κ2) is 14.9. The highest BCUT2D eigenvalue weighted by Gasteiger charge is 2.09. The minimum absolute atomic E-state index is 0.0895. The molecule has 3 aromatic rings. The molecule has 34 heavy (non-hydrogen) atoms. The Balaban J connectivity index is 0.000000283. The van der Waals surface area contributed by atoms with Crippen LogP contribution in [0.4, 0.5) is 0 Å². The number of hydrogen-bond acceptors (Lipinski definition) is 6. The maximum absolute atomic E-state index is 11.1. The smallest absolute Gasteiger partial charge is 0.219 e. The van der Waals surface area contributed by atoms with E-state index in [0.717, 1.165) is 31.4 Å². The van der Waals surface area contributed by atoms with Crippen LogP contribution in [0, 0.1) is 6.92 Å². The van der Waals surface area contributed by atoms with Crippen LogP contribution in [0.15, 0.2) is 54.3 Å². The number of thiazole rings is 1. The van der Waals surface area contributed by atoms with Crippen molar-refractivity contribution in [3.63, 3.8) is 0 Å². The van der Waals surface area contributed by atoms with Crippen LogP contribution in [0.3, 0.4) is 0 Å². The first-order chi connectivity index (χ1) is 16.4. The van der Waals surface area contributed by atoms with Gasteiger partial charge in [0.15, 0.2) is 0 Å². The fourth-order valence-corrected chi connectivity index (χ4v) is 3.92. The van der Waals surface area contributed by atoms with Crippen LogP contribution >= 0.6 is 11.3 Å². The molecule has 0 spiro atoms. The summed E-state index contributed by atoms with van der Waals surface area (Å²) >= 11 is 1.67. The molecular formula is C26H35N5O2S. The SMILES string of the molecule is CNC(=O)CCCCCc1ccnc([C@@H](N)CCC(N)=O)c1.Cc1ccc(-c2cncs2)cc1. The Morgan fingerprint density at radius 3 is 2.50 bits per heavy atom. The predicted octanol–water partition coefficient (Wildman–Crippen LogP) is 4.31. The molecule has 5 N–H and O–H groups in total. The lowest BCUT2D eigenvalue weighted by Crippen LogP contribution is -2.17. The molecule has 3 rings (SSSR count). The molecule has 2 amide bonds. The zero-order valence-electron chi connectivity index (χ0n) is 20.0. The molecule has 0 aliphatic carbocycles. The van der Waals surface area contributed by atoms with Crippen molar-refractivity contribution in [3.8, 4) is 10.4 Å². The minimum atomic E-state index is -0.345. The average Bonchev–Trinajstić information content (AvgIpc) is 3.38. The van der Waals surface area contributed by atoms with Gasteiger partial charge in [-0.3, -0.25) is 19.6 Å². The minimum Gasteiger partial charge on any atom is -0.370 e. The molecule has 0 saturated carbocycles. The Bertz CT molecular complexity index is 1010. The van der Waals surface area contributed by atoms with E-state index >= 15 is 0 Å². The largest absolute Gasteiger partial charge is 0.370 e. The zero-order chi connectivity index (χ0) is 24.8. The lowest BCUT2D eigenvalue weighted by Gasteiger charge is -2.11. The quantitative estimate of drug-likeness (QED) is 0.352. The number of carbonyl (C=O) groups is 2. The second-order valence-corrected chi connectivity index (χ2v) is 9.05. The van der Waals surface area contributed by atoms with Gasteiger partial charge in [-0.2, -0.15) is 0 Å². The molecule has 0 bridgehead atoms. The summed E-state index contributed by atoms with van der Waals surface area (Å²) in [6, 6.07) is 12.2. The van der Waals surface area contributed by atoms with Crippen LogP contribution in [0.5, 0.6) is 0 Å². The fourth-order valence-electron chi connectivity index (χ4n) is 3.29. The van der Waals surface area contributed by atoms with Crippen LogP contribution in [0.2, 0.25) is 0 Å². The van der Waals surface area contributed by atoms with Gasteiger partial charge in [-0.05, 0) is 55.9 Å². The number of nitrogens with two attached hydrogens (primary N) is 2. The lowest BCUT2D eigenvalue weighted by molar-refractivity contribution is -0.120. The van der Waals surface area contributed by atoms with Crippen LogP contribution < -0.4 is 16.8 Å². The van der Waals surface area contributed by atoms with Crippen molar-refractivity contribution in [3.05, 3.63) is 71.1 Å². The van der Waals surface area contributed by atoms with Crippen molar-refractivity contribution in [1.82, 2.24) is 15.3 Å². The highest BCUT2D eigenvalue weighted by molar-refractivity contribution is 7.13. The molecule has 0 saturated heterocycles. The van der Waals surface area contributed by atoms with E-state index in [-0.39, 0.29) is 24.3 Å². The van der Waals surface area contributed by atoms with Crippen molar-refractivity contribution >= 4 is 23.2 Å². The monoisotopic (exact) mass is 481 g/mol. The average molecular weight is 482 g/mol. The number of rotatable bonds is 11. The maximum Gasteiger partial charge on any atom is 0.219 e. The van der Waals surface area contributed by atoms with E-state index in [0.29, 0.717) is 12.8 Å². The van der Waals surface area contributed by atoms with Crippen LogP contribution in [-0.4, -0.2) is 28.8 Å². The topological polar surface area (TPSA) is 124 Å². The molecule has 0 fully saturated rings. The number of primary amides is 1. The molecule has 182 valence electrons. The van der Waals surface area contributed by atoms with Gasteiger partial charge in [0.1, 0.15) is 0 Å². The molecule has 2 aromatic heterocycles. The van der Waals surface area contributed by atoms with Gasteiger partial charge in [0.05, 0.1) is 16.1 Å². The first kappa shape index (κ1) is 27.1. The summed E-state index contributed by atoms with van der Waals surface area (Å²) in [6.07, 6.45) is 8.88. The van der Waals surface area contributed by atoms with Crippen molar-refractivity contribution in [2.75, 3.05) is 7.05 Å². The van der Waals surface area contributed by atoms with Crippen LogP contribution in [0.25, 0.3) is 10.4 Å². The number of aryl methyl sites for hydroxylation is 2. The van der Waals surface area contributed by atoms with E-state index in [9.17, 15) is 9.59 Å². The van der Waals surface area contributed by atoms with E-state index in [2.05, 4.69) is 46.5 Å². The zero-order valence-corrected chi connectivity index (χ0v) is 20.8. The van der Waals surface area contributed by atoms with Gasteiger partial charge < -0.3 is 16.8 Å². The Morgan fingerprint density at radius 1 is 1.09 bits per heavy atom. The number of hydrogen-bond donors (Lipinski definition) is 3. The molecule has 1 aromatic carbocycles. The molecule has 0 unspecified atom stereocenters. The van der Waals surface area contributed by atoms with E-state index in [1.165, 1.54) is 21.6 Å². The van der Waals surface area contributed by atoms with E-state index in [1.54, 1.807) is 24.6 Å². The van der Waals surface area contributed by atoms with Crippen molar-refractivity contribution < 1.29 is 9.59 Å². The van der Waals surface area contributed by atoms with E-state index in [4.69, 9.17) is 11.5 Å². The van der Waals surface area contributed by atoms with Gasteiger partial charge in [-0.15, -0.1) is 11.3 Å². The molecular weight excluding hydrogens is 446 g/mol. The number of unbranched alkanes of at least 4 members (excludes halogenated alkanes) is 2. The first-order valence-electron chi connectivity index (χ1n) is 11.5. The molecule has 7 nitrogen and oxygen atoms in total. The first-order valence-corrected chi connectivity index (χ1v) is 12.4. The normalized spacial score (nSPS) is 11.3. The number of nitrogens with one attached hydrogen (secondary N) is 1. The third-order valence-electron chi connectivity index (χ3n) is 5.34. The lowest BCUT2D eigenvalue weighted by atomic mass is 10.0. The molecule has 0 aliphatic heterocycles. The Labute approximate surface area is 206 Å². The van der Waals surface area contributed by atoms with Crippen molar-refractivity contribution in [2.45, 2.75) is 57.9 Å². The van der Waals surface area contributed by atoms with Crippen molar-refractivity contribution in [1.29, 1.82) is 0 Å². The summed E-state index contributed by atoms with van der Waals surface area (Å²) < 4.78 is 0. The van der Waals surface area contributed by atoms with Gasteiger partial charge in [0.2, 0.25) is 11.8 Å². The summed E-state index contributed by atoms with van der Waals surface area (Å²) in [5.41, 5.74) is 17.5. The molecule has 0 aliphatic rings. The van der Waals surface area contributed by atoms with Gasteiger partial charge in [0.25, 0.3) is 0 Å². The van der Waals surface area contributed by atoms with Gasteiger partial charge in [0, 0.05) is 38.3 Å². The number of aromatic nitrogens is 2. The molecule has 2 heterocycles. The third kappa shape index (κ3) is 10.2. The molecule has 1 atom stereocenters. The van der Waals surface area contributed by atoms with Crippen molar-refractivity contribution in [2.24, 2.45) is 11.5 Å². The third-order valence-corrected chi connectivity index (χ3v) is 6.17. The summed E-state index contributed by atoms with van der Waals surface area (Å²) in [6.45, 7) is 2.09.